The molecule has 0 radical (unpaired) electrons. The molecule has 0 amide bonds. The first-order valence-electron chi connectivity index (χ1n) is 5.87. The van der Waals surface area contributed by atoms with Crippen molar-refractivity contribution >= 4 is 17.3 Å². The fourth-order valence-electron chi connectivity index (χ4n) is 1.68. The molecular weight excluding hydrogens is 282 g/mol. The minimum absolute atomic E-state index is 0.0988. The lowest BCUT2D eigenvalue weighted by atomic mass is 10.1. The molecule has 0 aliphatic heterocycles. The van der Waals surface area contributed by atoms with E-state index in [0.717, 1.165) is 0 Å². The first-order valence-corrected chi connectivity index (χ1v) is 6.25. The van der Waals surface area contributed by atoms with Gasteiger partial charge in [0.1, 0.15) is 5.75 Å². The number of nitro benzene ring substituents is 1. The Morgan fingerprint density at radius 2 is 2.05 bits per heavy atom. The largest absolute Gasteiger partial charge is 0.450 e. The highest BCUT2D eigenvalue weighted by atomic mass is 35.5. The Balaban J connectivity index is 2.38. The molecule has 0 bridgehead atoms. The third-order valence-electron chi connectivity index (χ3n) is 2.69. The van der Waals surface area contributed by atoms with Crippen LogP contribution in [0.5, 0.6) is 11.5 Å². The Bertz CT molecular complexity index is 643. The number of hydrogen-bond acceptors (Lipinski definition) is 4. The molecule has 2 rings (SSSR count). The summed E-state index contributed by atoms with van der Waals surface area (Å²) in [5.41, 5.74) is 0.249. The first-order chi connectivity index (χ1) is 9.47. The van der Waals surface area contributed by atoms with Crippen LogP contribution in [0.3, 0.4) is 0 Å². The van der Waals surface area contributed by atoms with Gasteiger partial charge in [0, 0.05) is 11.1 Å². The Morgan fingerprint density at radius 1 is 1.30 bits per heavy atom. The van der Waals surface area contributed by atoms with E-state index < -0.39 is 11.0 Å². The predicted octanol–water partition coefficient (Wildman–Crippen LogP) is 4.09. The Kier molecular flexibility index (Phi) is 4.22. The zero-order chi connectivity index (χ0) is 14.7. The second-order valence-corrected chi connectivity index (χ2v) is 4.66. The van der Waals surface area contributed by atoms with Crippen LogP contribution in [0.2, 0.25) is 5.02 Å². The van der Waals surface area contributed by atoms with Gasteiger partial charge in [-0.25, -0.2) is 0 Å². The first kappa shape index (κ1) is 14.3. The van der Waals surface area contributed by atoms with E-state index in [1.165, 1.54) is 19.1 Å². The molecule has 0 fully saturated rings. The van der Waals surface area contributed by atoms with Crippen LogP contribution in [0.4, 0.5) is 5.69 Å². The van der Waals surface area contributed by atoms with Crippen molar-refractivity contribution in [2.75, 3.05) is 0 Å². The van der Waals surface area contributed by atoms with Crippen molar-refractivity contribution in [3.05, 3.63) is 63.2 Å². The van der Waals surface area contributed by atoms with Gasteiger partial charge in [-0.15, -0.1) is 0 Å². The van der Waals surface area contributed by atoms with E-state index in [0.29, 0.717) is 16.3 Å². The number of benzene rings is 2. The lowest BCUT2D eigenvalue weighted by molar-refractivity contribution is -0.385. The van der Waals surface area contributed by atoms with E-state index in [4.69, 9.17) is 16.3 Å². The van der Waals surface area contributed by atoms with Crippen LogP contribution in [0.1, 0.15) is 18.6 Å². The molecule has 2 aromatic rings. The normalized spacial score (nSPS) is 11.9. The molecule has 0 aliphatic rings. The standard InChI is InChI=1S/C14H12ClNO4/c1-9(17)10-5-6-14(13(7-10)16(18)19)20-12-4-2-3-11(15)8-12/h2-9,17H,1H3/t9-/m0/s1. The van der Waals surface area contributed by atoms with Crippen LogP contribution >= 0.6 is 11.6 Å². The fraction of sp³-hybridized carbons (Fsp3) is 0.143. The third kappa shape index (κ3) is 3.26. The van der Waals surface area contributed by atoms with Gasteiger partial charge in [-0.3, -0.25) is 10.1 Å². The summed E-state index contributed by atoms with van der Waals surface area (Å²) in [4.78, 5) is 10.5. The average molecular weight is 294 g/mol. The molecular formula is C14H12ClNO4. The van der Waals surface area contributed by atoms with Crippen molar-refractivity contribution in [1.29, 1.82) is 0 Å². The van der Waals surface area contributed by atoms with Gasteiger partial charge in [0.05, 0.1) is 11.0 Å². The van der Waals surface area contributed by atoms with E-state index >= 15 is 0 Å². The van der Waals surface area contributed by atoms with E-state index in [1.54, 1.807) is 30.3 Å². The maximum Gasteiger partial charge on any atom is 0.311 e. The highest BCUT2D eigenvalue weighted by Crippen LogP contribution is 2.34. The smallest absolute Gasteiger partial charge is 0.311 e. The summed E-state index contributed by atoms with van der Waals surface area (Å²) in [6.07, 6.45) is -0.783. The molecule has 0 aliphatic carbocycles. The number of nitro groups is 1. The molecule has 2 aromatic carbocycles. The van der Waals surface area contributed by atoms with Gasteiger partial charge in [0.25, 0.3) is 0 Å². The van der Waals surface area contributed by atoms with Crippen molar-refractivity contribution in [3.8, 4) is 11.5 Å². The number of aliphatic hydroxyl groups excluding tert-OH is 1. The number of halogens is 1. The van der Waals surface area contributed by atoms with Gasteiger partial charge >= 0.3 is 5.69 Å². The second kappa shape index (κ2) is 5.90. The number of rotatable bonds is 4. The number of aliphatic hydroxyl groups is 1. The lowest BCUT2D eigenvalue weighted by Crippen LogP contribution is -1.97. The highest BCUT2D eigenvalue weighted by Gasteiger charge is 2.18. The van der Waals surface area contributed by atoms with Gasteiger partial charge in [-0.2, -0.15) is 0 Å². The molecule has 0 saturated heterocycles. The molecule has 0 spiro atoms. The van der Waals surface area contributed by atoms with Crippen molar-refractivity contribution in [3.63, 3.8) is 0 Å². The summed E-state index contributed by atoms with van der Waals surface area (Å²) < 4.78 is 5.48. The molecule has 1 atom stereocenters. The summed E-state index contributed by atoms with van der Waals surface area (Å²) in [5.74, 6) is 0.507. The van der Waals surface area contributed by atoms with Crippen molar-refractivity contribution < 1.29 is 14.8 Å². The molecule has 0 aromatic heterocycles. The Labute approximate surface area is 120 Å². The molecule has 0 heterocycles. The summed E-state index contributed by atoms with van der Waals surface area (Å²) in [5, 5.41) is 21.0. The Hall–Kier alpha value is -2.11. The summed E-state index contributed by atoms with van der Waals surface area (Å²) in [7, 11) is 0. The summed E-state index contributed by atoms with van der Waals surface area (Å²) >= 11 is 5.83. The number of nitrogens with zero attached hydrogens (tertiary/aromatic N) is 1. The molecule has 0 saturated carbocycles. The van der Waals surface area contributed by atoms with Crippen LogP contribution in [-0.4, -0.2) is 10.0 Å². The van der Waals surface area contributed by atoms with Crippen LogP contribution in [0, 0.1) is 10.1 Å². The van der Waals surface area contributed by atoms with Gasteiger partial charge < -0.3 is 9.84 Å². The lowest BCUT2D eigenvalue weighted by Gasteiger charge is -2.09. The monoisotopic (exact) mass is 293 g/mol. The maximum absolute atomic E-state index is 11.1. The van der Waals surface area contributed by atoms with Gasteiger partial charge in [0.15, 0.2) is 0 Å². The molecule has 5 nitrogen and oxygen atoms in total. The van der Waals surface area contributed by atoms with E-state index in [9.17, 15) is 15.2 Å². The van der Waals surface area contributed by atoms with E-state index in [2.05, 4.69) is 0 Å². The van der Waals surface area contributed by atoms with E-state index in [1.807, 2.05) is 0 Å². The minimum atomic E-state index is -0.783. The van der Waals surface area contributed by atoms with Gasteiger partial charge in [-0.05, 0) is 36.8 Å². The minimum Gasteiger partial charge on any atom is -0.450 e. The zero-order valence-corrected chi connectivity index (χ0v) is 11.4. The quantitative estimate of drug-likeness (QED) is 0.680. The highest BCUT2D eigenvalue weighted by molar-refractivity contribution is 6.30. The van der Waals surface area contributed by atoms with Gasteiger partial charge in [0.2, 0.25) is 5.75 Å². The van der Waals surface area contributed by atoms with Crippen molar-refractivity contribution in [1.82, 2.24) is 0 Å². The van der Waals surface area contributed by atoms with Gasteiger partial charge in [-0.1, -0.05) is 23.7 Å². The Morgan fingerprint density at radius 3 is 2.65 bits per heavy atom. The van der Waals surface area contributed by atoms with Crippen LogP contribution in [-0.2, 0) is 0 Å². The molecule has 6 heteroatoms. The van der Waals surface area contributed by atoms with Crippen LogP contribution in [0.25, 0.3) is 0 Å². The van der Waals surface area contributed by atoms with Crippen molar-refractivity contribution in [2.45, 2.75) is 13.0 Å². The molecule has 104 valence electrons. The zero-order valence-electron chi connectivity index (χ0n) is 10.6. The van der Waals surface area contributed by atoms with Crippen LogP contribution in [0.15, 0.2) is 42.5 Å². The predicted molar refractivity (Wildman–Crippen MR) is 75.3 cm³/mol. The molecule has 0 unspecified atom stereocenters. The average Bonchev–Trinajstić information content (AvgIpc) is 2.38. The summed E-state index contributed by atoms with van der Waals surface area (Å²) in [6.45, 7) is 1.54. The number of ether oxygens (including phenoxy) is 1. The second-order valence-electron chi connectivity index (χ2n) is 4.22. The SMILES string of the molecule is C[C@H](O)c1ccc(Oc2cccc(Cl)c2)c([N+](=O)[O-])c1. The topological polar surface area (TPSA) is 72.6 Å². The molecule has 1 N–H and O–H groups in total. The third-order valence-corrected chi connectivity index (χ3v) is 2.92. The molecule has 20 heavy (non-hydrogen) atoms. The number of hydrogen-bond donors (Lipinski definition) is 1. The van der Waals surface area contributed by atoms with Crippen LogP contribution < -0.4 is 4.74 Å². The maximum atomic E-state index is 11.1. The fourth-order valence-corrected chi connectivity index (χ4v) is 1.86. The van der Waals surface area contributed by atoms with E-state index in [-0.39, 0.29) is 11.4 Å². The van der Waals surface area contributed by atoms with Crippen molar-refractivity contribution in [2.24, 2.45) is 0 Å². The summed E-state index contributed by atoms with van der Waals surface area (Å²) in [6, 6.07) is 10.9.